The summed E-state index contributed by atoms with van der Waals surface area (Å²) in [4.78, 5) is 6.91. The molecule has 2 fully saturated rings. The second-order valence-corrected chi connectivity index (χ2v) is 6.32. The van der Waals surface area contributed by atoms with E-state index in [2.05, 4.69) is 15.0 Å². The van der Waals surface area contributed by atoms with E-state index >= 15 is 0 Å². The Hall–Kier alpha value is -0.830. The molecule has 6 nitrogen and oxygen atoms in total. The van der Waals surface area contributed by atoms with Gasteiger partial charge >= 0.3 is 0 Å². The Morgan fingerprint density at radius 3 is 2.74 bits per heavy atom. The van der Waals surface area contributed by atoms with E-state index in [-0.39, 0.29) is 30.1 Å². The van der Waals surface area contributed by atoms with Gasteiger partial charge in [-0.3, -0.25) is 9.67 Å². The molecule has 23 heavy (non-hydrogen) atoms. The summed E-state index contributed by atoms with van der Waals surface area (Å²) in [6.45, 7) is 3.61. The lowest BCUT2D eigenvalue weighted by atomic mass is 9.99. The fraction of sp³-hybridized carbons (Fsp3) is 0.750. The largest absolute Gasteiger partial charge is 0.372 e. The highest BCUT2D eigenvalue weighted by Gasteiger charge is 2.31. The first kappa shape index (κ1) is 18.5. The van der Waals surface area contributed by atoms with Gasteiger partial charge < -0.3 is 15.4 Å². The molecule has 0 saturated carbocycles. The van der Waals surface area contributed by atoms with Crippen molar-refractivity contribution in [3.05, 3.63) is 18.0 Å². The predicted octanol–water partition coefficient (Wildman–Crippen LogP) is 2.31. The van der Waals surface area contributed by atoms with Crippen molar-refractivity contribution >= 4 is 29.9 Å². The van der Waals surface area contributed by atoms with Gasteiger partial charge in [-0.15, -0.1) is 24.0 Å². The molecule has 0 radical (unpaired) electrons. The van der Waals surface area contributed by atoms with Crippen molar-refractivity contribution in [2.24, 2.45) is 23.7 Å². The van der Waals surface area contributed by atoms with Crippen LogP contribution in [0, 0.1) is 5.92 Å². The lowest BCUT2D eigenvalue weighted by Gasteiger charge is -2.22. The standard InChI is InChI=1S/C16H27N5O.HI/c1-20-14(6-8-19-20)15-13(7-11-22-15)12-18-16(17)21-9-4-2-3-5-10-21;/h6,8,13,15H,2-5,7,9-12H2,1H3,(H2,17,18);1H/t13-,15+;/m0./s1. The van der Waals surface area contributed by atoms with E-state index in [1.807, 2.05) is 24.0 Å². The van der Waals surface area contributed by atoms with Crippen LogP contribution in [-0.2, 0) is 11.8 Å². The molecular weight excluding hydrogens is 405 g/mol. The maximum absolute atomic E-state index is 6.21. The van der Waals surface area contributed by atoms with E-state index in [9.17, 15) is 0 Å². The quantitative estimate of drug-likeness (QED) is 0.451. The van der Waals surface area contributed by atoms with Crippen LogP contribution in [0.4, 0.5) is 0 Å². The van der Waals surface area contributed by atoms with Crippen LogP contribution >= 0.6 is 24.0 Å². The molecule has 2 N–H and O–H groups in total. The number of rotatable bonds is 3. The van der Waals surface area contributed by atoms with Gasteiger partial charge in [-0.05, 0) is 25.3 Å². The molecule has 2 saturated heterocycles. The number of hydrogen-bond acceptors (Lipinski definition) is 3. The first-order chi connectivity index (χ1) is 10.8. The number of hydrogen-bond donors (Lipinski definition) is 1. The number of halogens is 1. The zero-order chi connectivity index (χ0) is 15.4. The highest BCUT2D eigenvalue weighted by atomic mass is 127. The molecular formula is C16H28IN5O. The summed E-state index contributed by atoms with van der Waals surface area (Å²) in [5.74, 6) is 1.10. The highest BCUT2D eigenvalue weighted by Crippen LogP contribution is 2.34. The Morgan fingerprint density at radius 1 is 1.35 bits per heavy atom. The second kappa shape index (κ2) is 8.86. The molecule has 2 atom stereocenters. The smallest absolute Gasteiger partial charge is 0.191 e. The minimum atomic E-state index is 0. The molecule has 3 rings (SSSR count). The summed E-state index contributed by atoms with van der Waals surface area (Å²) in [6, 6.07) is 2.03. The van der Waals surface area contributed by atoms with E-state index in [1.54, 1.807) is 0 Å². The molecule has 2 aliphatic rings. The normalized spacial score (nSPS) is 26.0. The van der Waals surface area contributed by atoms with Crippen molar-refractivity contribution in [2.45, 2.75) is 38.2 Å². The van der Waals surface area contributed by atoms with Crippen molar-refractivity contribution in [1.82, 2.24) is 14.7 Å². The Kier molecular flexibility index (Phi) is 7.13. The predicted molar refractivity (Wildman–Crippen MR) is 102 cm³/mol. The van der Waals surface area contributed by atoms with Gasteiger partial charge in [-0.2, -0.15) is 5.10 Å². The molecule has 0 unspecified atom stereocenters. The van der Waals surface area contributed by atoms with Crippen LogP contribution in [0.1, 0.15) is 43.9 Å². The number of aliphatic imine (C=N–C) groups is 1. The van der Waals surface area contributed by atoms with Gasteiger partial charge in [-0.1, -0.05) is 12.8 Å². The van der Waals surface area contributed by atoms with Crippen molar-refractivity contribution < 1.29 is 4.74 Å². The average Bonchev–Trinajstić information content (AvgIpc) is 3.04. The van der Waals surface area contributed by atoms with E-state index in [4.69, 9.17) is 10.5 Å². The Bertz CT molecular complexity index is 510. The van der Waals surface area contributed by atoms with Crippen LogP contribution in [0.3, 0.4) is 0 Å². The molecule has 3 heterocycles. The van der Waals surface area contributed by atoms with Gasteiger partial charge in [0.2, 0.25) is 0 Å². The zero-order valence-corrected chi connectivity index (χ0v) is 16.2. The Morgan fingerprint density at radius 2 is 2.09 bits per heavy atom. The van der Waals surface area contributed by atoms with Crippen LogP contribution in [0.2, 0.25) is 0 Å². The number of guanidine groups is 1. The van der Waals surface area contributed by atoms with Crippen LogP contribution in [-0.4, -0.2) is 46.9 Å². The number of ether oxygens (including phenoxy) is 1. The molecule has 7 heteroatoms. The first-order valence-electron chi connectivity index (χ1n) is 8.40. The molecule has 2 aliphatic heterocycles. The third kappa shape index (κ3) is 4.59. The summed E-state index contributed by atoms with van der Waals surface area (Å²) >= 11 is 0. The van der Waals surface area contributed by atoms with E-state index in [0.717, 1.165) is 38.4 Å². The molecule has 130 valence electrons. The van der Waals surface area contributed by atoms with Gasteiger partial charge in [-0.25, -0.2) is 0 Å². The maximum atomic E-state index is 6.21. The maximum Gasteiger partial charge on any atom is 0.191 e. The molecule has 0 aromatic carbocycles. The lowest BCUT2D eigenvalue weighted by Crippen LogP contribution is -2.38. The number of nitrogens with two attached hydrogens (primary N) is 1. The van der Waals surface area contributed by atoms with Crippen LogP contribution in [0.5, 0.6) is 0 Å². The minimum absolute atomic E-state index is 0. The lowest BCUT2D eigenvalue weighted by molar-refractivity contribution is 0.0858. The number of aromatic nitrogens is 2. The van der Waals surface area contributed by atoms with Crippen molar-refractivity contribution in [1.29, 1.82) is 0 Å². The summed E-state index contributed by atoms with van der Waals surface area (Å²) in [6.07, 6.45) is 8.01. The monoisotopic (exact) mass is 433 g/mol. The second-order valence-electron chi connectivity index (χ2n) is 6.32. The fourth-order valence-electron chi connectivity index (χ4n) is 3.42. The third-order valence-corrected chi connectivity index (χ3v) is 4.78. The molecule has 0 aliphatic carbocycles. The SMILES string of the molecule is Cn1nccc1[C@@H]1OCC[C@H]1CN=C(N)N1CCCCCC1.I. The fourth-order valence-corrected chi connectivity index (χ4v) is 3.42. The van der Waals surface area contributed by atoms with E-state index < -0.39 is 0 Å². The summed E-state index contributed by atoms with van der Waals surface area (Å²) in [5, 5.41) is 4.24. The summed E-state index contributed by atoms with van der Waals surface area (Å²) in [7, 11) is 1.96. The number of nitrogens with zero attached hydrogens (tertiary/aromatic N) is 4. The Labute approximate surface area is 155 Å². The zero-order valence-electron chi connectivity index (χ0n) is 13.9. The van der Waals surface area contributed by atoms with E-state index in [1.165, 1.54) is 25.7 Å². The van der Waals surface area contributed by atoms with Crippen LogP contribution < -0.4 is 5.73 Å². The highest BCUT2D eigenvalue weighted by molar-refractivity contribution is 14.0. The van der Waals surface area contributed by atoms with Crippen molar-refractivity contribution in [2.75, 3.05) is 26.2 Å². The Balaban J connectivity index is 0.00000192. The van der Waals surface area contributed by atoms with Gasteiger partial charge in [0.05, 0.1) is 5.69 Å². The number of likely N-dealkylation sites (tertiary alicyclic amines) is 1. The van der Waals surface area contributed by atoms with Crippen LogP contribution in [0.15, 0.2) is 17.3 Å². The van der Waals surface area contributed by atoms with Gasteiger partial charge in [0.1, 0.15) is 6.10 Å². The third-order valence-electron chi connectivity index (χ3n) is 4.78. The molecule has 0 bridgehead atoms. The molecule has 1 aromatic rings. The molecule has 0 spiro atoms. The van der Waals surface area contributed by atoms with E-state index in [0.29, 0.717) is 11.9 Å². The van der Waals surface area contributed by atoms with Crippen molar-refractivity contribution in [3.63, 3.8) is 0 Å². The van der Waals surface area contributed by atoms with Crippen molar-refractivity contribution in [3.8, 4) is 0 Å². The average molecular weight is 433 g/mol. The van der Waals surface area contributed by atoms with Gasteiger partial charge in [0, 0.05) is 45.4 Å². The number of aryl methyl sites for hydroxylation is 1. The van der Waals surface area contributed by atoms with Gasteiger partial charge in [0.15, 0.2) is 5.96 Å². The van der Waals surface area contributed by atoms with Crippen LogP contribution in [0.25, 0.3) is 0 Å². The summed E-state index contributed by atoms with van der Waals surface area (Å²) in [5.41, 5.74) is 7.34. The first-order valence-corrected chi connectivity index (χ1v) is 8.40. The minimum Gasteiger partial charge on any atom is -0.372 e. The topological polar surface area (TPSA) is 68.7 Å². The molecule has 1 aromatic heterocycles. The van der Waals surface area contributed by atoms with Gasteiger partial charge in [0.25, 0.3) is 0 Å². The summed E-state index contributed by atoms with van der Waals surface area (Å²) < 4.78 is 7.80. The molecule has 0 amide bonds.